The molecule has 1 N–H and O–H groups in total. The smallest absolute Gasteiger partial charge is 0.251 e. The highest BCUT2D eigenvalue weighted by Gasteiger charge is 2.10. The van der Waals surface area contributed by atoms with Crippen molar-refractivity contribution in [3.8, 4) is 11.5 Å². The summed E-state index contributed by atoms with van der Waals surface area (Å²) in [6.45, 7) is 5.23. The number of benzene rings is 2. The second-order valence-electron chi connectivity index (χ2n) is 6.09. The minimum atomic E-state index is -0.0599. The lowest BCUT2D eigenvalue weighted by Crippen LogP contribution is -2.24. The minimum absolute atomic E-state index is 0.0599. The van der Waals surface area contributed by atoms with E-state index >= 15 is 0 Å². The van der Waals surface area contributed by atoms with Crippen molar-refractivity contribution in [1.82, 2.24) is 5.32 Å². The van der Waals surface area contributed by atoms with Crippen LogP contribution < -0.4 is 14.8 Å². The second kappa shape index (κ2) is 9.72. The molecule has 0 aliphatic heterocycles. The molecule has 0 atom stereocenters. The van der Waals surface area contributed by atoms with E-state index in [9.17, 15) is 4.79 Å². The number of hydrogen-bond donors (Lipinski definition) is 1. The number of nitrogens with one attached hydrogen (secondary N) is 1. The van der Waals surface area contributed by atoms with Crippen molar-refractivity contribution in [2.75, 3.05) is 13.7 Å². The van der Waals surface area contributed by atoms with Gasteiger partial charge in [-0.05, 0) is 43.7 Å². The van der Waals surface area contributed by atoms with Crippen molar-refractivity contribution in [1.29, 1.82) is 0 Å². The fourth-order valence-corrected chi connectivity index (χ4v) is 2.51. The van der Waals surface area contributed by atoms with Gasteiger partial charge in [0.15, 0.2) is 0 Å². The molecule has 0 aliphatic carbocycles. The van der Waals surface area contributed by atoms with Gasteiger partial charge in [0.1, 0.15) is 18.1 Å². The Kier molecular flexibility index (Phi) is 7.33. The van der Waals surface area contributed by atoms with Crippen LogP contribution in [-0.4, -0.2) is 19.6 Å². The van der Waals surface area contributed by atoms with E-state index in [2.05, 4.69) is 12.2 Å². The number of hydrogen-bond acceptors (Lipinski definition) is 3. The van der Waals surface area contributed by atoms with Gasteiger partial charge in [-0.25, -0.2) is 0 Å². The van der Waals surface area contributed by atoms with E-state index in [1.54, 1.807) is 13.2 Å². The molecule has 2 aromatic carbocycles. The van der Waals surface area contributed by atoms with Gasteiger partial charge in [0.2, 0.25) is 0 Å². The molecule has 0 aliphatic rings. The molecule has 0 spiro atoms. The van der Waals surface area contributed by atoms with Crippen LogP contribution in [0.5, 0.6) is 11.5 Å². The van der Waals surface area contributed by atoms with Crippen LogP contribution in [0.3, 0.4) is 0 Å². The van der Waals surface area contributed by atoms with Gasteiger partial charge in [0.25, 0.3) is 5.91 Å². The molecular formula is C21H27NO3. The number of carbonyl (C=O) groups is 1. The molecule has 4 nitrogen and oxygen atoms in total. The number of unbranched alkanes of at least 4 members (excludes halogenated alkanes) is 2. The van der Waals surface area contributed by atoms with Gasteiger partial charge in [-0.1, -0.05) is 37.5 Å². The predicted molar refractivity (Wildman–Crippen MR) is 100 cm³/mol. The number of amides is 1. The van der Waals surface area contributed by atoms with Gasteiger partial charge >= 0.3 is 0 Å². The predicted octanol–water partition coefficient (Wildman–Crippen LogP) is 4.50. The van der Waals surface area contributed by atoms with Crippen molar-refractivity contribution in [2.45, 2.75) is 39.7 Å². The summed E-state index contributed by atoms with van der Waals surface area (Å²) in [4.78, 5) is 12.3. The molecule has 4 heteroatoms. The molecule has 0 heterocycles. The molecule has 0 unspecified atom stereocenters. The highest BCUT2D eigenvalue weighted by molar-refractivity contribution is 5.94. The lowest BCUT2D eigenvalue weighted by molar-refractivity contribution is 0.0952. The lowest BCUT2D eigenvalue weighted by atomic mass is 10.1. The van der Waals surface area contributed by atoms with Crippen molar-refractivity contribution >= 4 is 5.91 Å². The second-order valence-corrected chi connectivity index (χ2v) is 6.09. The van der Waals surface area contributed by atoms with Crippen LogP contribution in [-0.2, 0) is 6.61 Å². The van der Waals surface area contributed by atoms with E-state index in [0.29, 0.717) is 18.7 Å². The summed E-state index contributed by atoms with van der Waals surface area (Å²) in [5.74, 6) is 1.45. The van der Waals surface area contributed by atoms with Gasteiger partial charge in [-0.2, -0.15) is 0 Å². The van der Waals surface area contributed by atoms with E-state index in [4.69, 9.17) is 9.47 Å². The zero-order valence-corrected chi connectivity index (χ0v) is 15.3. The molecule has 0 saturated carbocycles. The molecule has 2 rings (SSSR count). The average Bonchev–Trinajstić information content (AvgIpc) is 2.64. The summed E-state index contributed by atoms with van der Waals surface area (Å²) in [5.41, 5.74) is 2.66. The monoisotopic (exact) mass is 341 g/mol. The van der Waals surface area contributed by atoms with Crippen LogP contribution in [0.15, 0.2) is 42.5 Å². The summed E-state index contributed by atoms with van der Waals surface area (Å²) < 4.78 is 11.2. The number of ether oxygens (including phenoxy) is 2. The van der Waals surface area contributed by atoms with E-state index < -0.39 is 0 Å². The first-order valence-electron chi connectivity index (χ1n) is 8.78. The third kappa shape index (κ3) is 5.82. The molecule has 0 bridgehead atoms. The van der Waals surface area contributed by atoms with Crippen LogP contribution >= 0.6 is 0 Å². The Morgan fingerprint density at radius 3 is 2.52 bits per heavy atom. The molecule has 0 saturated heterocycles. The highest BCUT2D eigenvalue weighted by atomic mass is 16.5. The zero-order chi connectivity index (χ0) is 18.1. The number of aryl methyl sites for hydroxylation is 1. The SMILES string of the molecule is CCCCCNC(=O)c1ccc(OC)c(COc2ccc(C)cc2)c1. The Labute approximate surface area is 150 Å². The van der Waals surface area contributed by atoms with Crippen LogP contribution in [0.25, 0.3) is 0 Å². The summed E-state index contributed by atoms with van der Waals surface area (Å²) >= 11 is 0. The summed E-state index contributed by atoms with van der Waals surface area (Å²) in [7, 11) is 1.62. The standard InChI is InChI=1S/C21H27NO3/c1-4-5-6-13-22-21(23)17-9-12-20(24-3)18(14-17)15-25-19-10-7-16(2)8-11-19/h7-12,14H,4-6,13,15H2,1-3H3,(H,22,23). The molecule has 25 heavy (non-hydrogen) atoms. The van der Waals surface area contributed by atoms with Gasteiger partial charge in [0, 0.05) is 17.7 Å². The van der Waals surface area contributed by atoms with Crippen molar-refractivity contribution in [3.05, 3.63) is 59.2 Å². The molecule has 0 aromatic heterocycles. The zero-order valence-electron chi connectivity index (χ0n) is 15.3. The largest absolute Gasteiger partial charge is 0.496 e. The topological polar surface area (TPSA) is 47.6 Å². The fraction of sp³-hybridized carbons (Fsp3) is 0.381. The van der Waals surface area contributed by atoms with Gasteiger partial charge in [-0.3, -0.25) is 4.79 Å². The third-order valence-corrected chi connectivity index (χ3v) is 4.02. The molecule has 0 fully saturated rings. The maximum atomic E-state index is 12.3. The van der Waals surface area contributed by atoms with Crippen molar-refractivity contribution in [2.24, 2.45) is 0 Å². The van der Waals surface area contributed by atoms with Gasteiger partial charge in [-0.15, -0.1) is 0 Å². The lowest BCUT2D eigenvalue weighted by Gasteiger charge is -2.12. The first-order valence-corrected chi connectivity index (χ1v) is 8.78. The van der Waals surface area contributed by atoms with Gasteiger partial charge < -0.3 is 14.8 Å². The quantitative estimate of drug-likeness (QED) is 0.683. The Morgan fingerprint density at radius 1 is 1.08 bits per heavy atom. The fourth-order valence-electron chi connectivity index (χ4n) is 2.51. The molecule has 1 amide bonds. The number of methoxy groups -OCH3 is 1. The van der Waals surface area contributed by atoms with Crippen LogP contribution in [0.1, 0.15) is 47.7 Å². The average molecular weight is 341 g/mol. The Hall–Kier alpha value is -2.49. The van der Waals surface area contributed by atoms with Crippen molar-refractivity contribution < 1.29 is 14.3 Å². The maximum Gasteiger partial charge on any atom is 0.251 e. The van der Waals surface area contributed by atoms with Crippen LogP contribution in [0.4, 0.5) is 0 Å². The van der Waals surface area contributed by atoms with Crippen LogP contribution in [0.2, 0.25) is 0 Å². The number of rotatable bonds is 9. The van der Waals surface area contributed by atoms with E-state index in [1.165, 1.54) is 5.56 Å². The first-order chi connectivity index (χ1) is 12.1. The molecular weight excluding hydrogens is 314 g/mol. The minimum Gasteiger partial charge on any atom is -0.496 e. The molecule has 0 radical (unpaired) electrons. The van der Waals surface area contributed by atoms with E-state index in [0.717, 1.165) is 36.3 Å². The molecule has 2 aromatic rings. The maximum absolute atomic E-state index is 12.3. The number of carbonyl (C=O) groups excluding carboxylic acids is 1. The highest BCUT2D eigenvalue weighted by Crippen LogP contribution is 2.22. The van der Waals surface area contributed by atoms with E-state index in [1.807, 2.05) is 43.3 Å². The van der Waals surface area contributed by atoms with Crippen LogP contribution in [0, 0.1) is 6.92 Å². The normalized spacial score (nSPS) is 10.4. The van der Waals surface area contributed by atoms with Gasteiger partial charge in [0.05, 0.1) is 7.11 Å². The third-order valence-electron chi connectivity index (χ3n) is 4.02. The Morgan fingerprint density at radius 2 is 1.84 bits per heavy atom. The molecule has 134 valence electrons. The Bertz CT molecular complexity index is 680. The summed E-state index contributed by atoms with van der Waals surface area (Å²) in [6, 6.07) is 13.3. The Balaban J connectivity index is 2.03. The van der Waals surface area contributed by atoms with E-state index in [-0.39, 0.29) is 5.91 Å². The first kappa shape index (κ1) is 18.8. The summed E-state index contributed by atoms with van der Waals surface area (Å²) in [6.07, 6.45) is 3.26. The summed E-state index contributed by atoms with van der Waals surface area (Å²) in [5, 5.41) is 2.96. The van der Waals surface area contributed by atoms with Crippen molar-refractivity contribution in [3.63, 3.8) is 0 Å².